The smallest absolute Gasteiger partial charge is 0.254 e. The van der Waals surface area contributed by atoms with Crippen molar-refractivity contribution in [1.29, 1.82) is 0 Å². The first-order chi connectivity index (χ1) is 9.72. The summed E-state index contributed by atoms with van der Waals surface area (Å²) in [4.78, 5) is 12.3. The van der Waals surface area contributed by atoms with Crippen LogP contribution in [-0.4, -0.2) is 5.91 Å². The van der Waals surface area contributed by atoms with Crippen molar-refractivity contribution in [3.63, 3.8) is 0 Å². The number of carbonyl (C=O) groups is 1. The largest absolute Gasteiger partial charge is 0.329 e. The zero-order valence-corrected chi connectivity index (χ0v) is 11.0. The Morgan fingerprint density at radius 1 is 1.20 bits per heavy atom. The minimum Gasteiger partial charge on any atom is -0.329 e. The lowest BCUT2D eigenvalue weighted by Gasteiger charge is -2.33. The molecule has 2 N–H and O–H groups in total. The number of benzene rings is 1. The second kappa shape index (κ2) is 4.77. The maximum absolute atomic E-state index is 12.3. The fourth-order valence-electron chi connectivity index (χ4n) is 2.50. The molecule has 5 heteroatoms. The maximum atomic E-state index is 12.3. The molecule has 2 aliphatic heterocycles. The van der Waals surface area contributed by atoms with Crippen LogP contribution in [0.5, 0.6) is 0 Å². The number of amides is 1. The molecule has 5 nitrogen and oxygen atoms in total. The first-order valence-corrected chi connectivity index (χ1v) is 6.33. The normalized spacial score (nSPS) is 28.1. The third-order valence-electron chi connectivity index (χ3n) is 3.56. The van der Waals surface area contributed by atoms with Crippen molar-refractivity contribution in [2.45, 2.75) is 12.3 Å². The lowest BCUT2D eigenvalue weighted by atomic mass is 9.73. The summed E-state index contributed by atoms with van der Waals surface area (Å²) < 4.78 is 0. The molecule has 1 atom stereocenters. The average Bonchev–Trinajstić information content (AvgIpc) is 2.49. The Hall–Kier alpha value is -2.69. The van der Waals surface area contributed by atoms with Crippen molar-refractivity contribution in [3.8, 4) is 0 Å². The molecule has 1 unspecified atom stereocenters. The molecule has 0 saturated heterocycles. The molecule has 20 heavy (non-hydrogen) atoms. The molecule has 0 fully saturated rings. The summed E-state index contributed by atoms with van der Waals surface area (Å²) >= 11 is 0. The molecule has 2 aliphatic rings. The lowest BCUT2D eigenvalue weighted by molar-refractivity contribution is -0.117. The van der Waals surface area contributed by atoms with Crippen LogP contribution in [-0.2, 0) is 10.2 Å². The summed E-state index contributed by atoms with van der Waals surface area (Å²) in [6.07, 6.45) is 6.99. The van der Waals surface area contributed by atoms with Crippen LogP contribution in [0.4, 0.5) is 0 Å². The summed E-state index contributed by atoms with van der Waals surface area (Å²) in [7, 11) is 0. The lowest BCUT2D eigenvalue weighted by Crippen LogP contribution is -2.39. The van der Waals surface area contributed by atoms with E-state index in [4.69, 9.17) is 0 Å². The van der Waals surface area contributed by atoms with E-state index in [-0.39, 0.29) is 5.91 Å². The van der Waals surface area contributed by atoms with Crippen LogP contribution in [0.25, 0.3) is 0 Å². The molecule has 1 aromatic rings. The van der Waals surface area contributed by atoms with Crippen molar-refractivity contribution >= 4 is 5.91 Å². The summed E-state index contributed by atoms with van der Waals surface area (Å²) in [6, 6.07) is 9.91. The fraction of sp³-hybridized carbons (Fsp3) is 0.133. The van der Waals surface area contributed by atoms with E-state index in [1.54, 1.807) is 18.5 Å². The number of nitrogens with zero attached hydrogens (tertiary/aromatic N) is 2. The van der Waals surface area contributed by atoms with Gasteiger partial charge in [-0.1, -0.05) is 41.6 Å². The van der Waals surface area contributed by atoms with Gasteiger partial charge in [0.2, 0.25) is 0 Å². The monoisotopic (exact) mass is 266 g/mol. The van der Waals surface area contributed by atoms with E-state index >= 15 is 0 Å². The second-order valence-corrected chi connectivity index (χ2v) is 4.81. The Bertz CT molecular complexity index is 658. The predicted octanol–water partition coefficient (Wildman–Crippen LogP) is 2.33. The Morgan fingerprint density at radius 3 is 2.70 bits per heavy atom. The van der Waals surface area contributed by atoms with Gasteiger partial charge in [0, 0.05) is 11.6 Å². The number of nitrogens with one attached hydrogen (secondary N) is 2. The molecule has 3 rings (SSSR count). The standard InChI is InChI=1S/C15H14N4O/c1-15(11-5-3-2-4-6-11)8-10-16-14(20)13(15)12-7-9-17-19-18-12/h2-10H,1H3,(H,16,20)(H,17,18). The summed E-state index contributed by atoms with van der Waals surface area (Å²) in [5.74, 6) is -0.136. The van der Waals surface area contributed by atoms with Gasteiger partial charge in [0.25, 0.3) is 5.91 Å². The molecule has 2 heterocycles. The minimum atomic E-state index is -0.511. The van der Waals surface area contributed by atoms with Crippen molar-refractivity contribution < 1.29 is 4.79 Å². The van der Waals surface area contributed by atoms with Crippen LogP contribution in [0, 0.1) is 0 Å². The molecular weight excluding hydrogens is 252 g/mol. The van der Waals surface area contributed by atoms with E-state index < -0.39 is 5.41 Å². The van der Waals surface area contributed by atoms with E-state index in [2.05, 4.69) is 21.1 Å². The molecular formula is C15H14N4O. The predicted molar refractivity (Wildman–Crippen MR) is 75.2 cm³/mol. The Balaban J connectivity index is 2.19. The van der Waals surface area contributed by atoms with Gasteiger partial charge in [-0.05, 0) is 18.6 Å². The van der Waals surface area contributed by atoms with Crippen LogP contribution in [0.1, 0.15) is 12.5 Å². The van der Waals surface area contributed by atoms with Gasteiger partial charge in [-0.25, -0.2) is 0 Å². The van der Waals surface area contributed by atoms with Crippen molar-refractivity contribution in [2.75, 3.05) is 0 Å². The molecule has 1 aromatic carbocycles. The number of hydrogen-bond donors (Lipinski definition) is 2. The Morgan fingerprint density at radius 2 is 2.00 bits per heavy atom. The number of hydrogen-bond acceptors (Lipinski definition) is 4. The quantitative estimate of drug-likeness (QED) is 0.766. The van der Waals surface area contributed by atoms with E-state index in [0.717, 1.165) is 5.56 Å². The number of rotatable bonds is 1. The zero-order chi connectivity index (χ0) is 14.0. The van der Waals surface area contributed by atoms with Crippen molar-refractivity contribution in [3.05, 3.63) is 71.7 Å². The highest BCUT2D eigenvalue weighted by Gasteiger charge is 2.37. The SMILES string of the molecule is CC1(c2ccccc2)C=CNC(=O)C1=C1C=CN=NN1. The highest BCUT2D eigenvalue weighted by Crippen LogP contribution is 2.37. The number of carbonyl (C=O) groups excluding carboxylic acids is 1. The highest BCUT2D eigenvalue weighted by molar-refractivity contribution is 5.99. The maximum Gasteiger partial charge on any atom is 0.254 e. The molecule has 0 radical (unpaired) electrons. The Kier molecular flexibility index (Phi) is 2.95. The van der Waals surface area contributed by atoms with Crippen LogP contribution in [0.15, 0.2) is 76.5 Å². The van der Waals surface area contributed by atoms with Gasteiger partial charge in [-0.15, -0.1) is 5.11 Å². The molecule has 0 bridgehead atoms. The third kappa shape index (κ3) is 1.93. The topological polar surface area (TPSA) is 65.8 Å². The van der Waals surface area contributed by atoms with Gasteiger partial charge in [0.05, 0.1) is 17.5 Å². The minimum absolute atomic E-state index is 0.136. The van der Waals surface area contributed by atoms with Crippen LogP contribution >= 0.6 is 0 Å². The van der Waals surface area contributed by atoms with E-state index in [0.29, 0.717) is 11.3 Å². The highest BCUT2D eigenvalue weighted by atomic mass is 16.1. The van der Waals surface area contributed by atoms with E-state index in [1.165, 1.54) is 0 Å². The van der Waals surface area contributed by atoms with Gasteiger partial charge in [-0.2, -0.15) is 0 Å². The molecule has 100 valence electrons. The molecule has 0 aliphatic carbocycles. The second-order valence-electron chi connectivity index (χ2n) is 4.81. The Labute approximate surface area is 116 Å². The van der Waals surface area contributed by atoms with Gasteiger partial charge >= 0.3 is 0 Å². The summed E-state index contributed by atoms with van der Waals surface area (Å²) in [5, 5.41) is 10.2. The molecule has 0 saturated carbocycles. The van der Waals surface area contributed by atoms with Gasteiger partial charge in [0.15, 0.2) is 0 Å². The number of allylic oxidation sites excluding steroid dienone is 2. The van der Waals surface area contributed by atoms with Gasteiger partial charge in [0.1, 0.15) is 0 Å². The van der Waals surface area contributed by atoms with Crippen LogP contribution in [0.3, 0.4) is 0 Å². The van der Waals surface area contributed by atoms with Crippen molar-refractivity contribution in [2.24, 2.45) is 10.3 Å². The summed E-state index contributed by atoms with van der Waals surface area (Å²) in [6.45, 7) is 2.02. The fourth-order valence-corrected chi connectivity index (χ4v) is 2.50. The third-order valence-corrected chi connectivity index (χ3v) is 3.56. The average molecular weight is 266 g/mol. The molecule has 1 amide bonds. The molecule has 0 spiro atoms. The first-order valence-electron chi connectivity index (χ1n) is 6.33. The van der Waals surface area contributed by atoms with E-state index in [1.807, 2.05) is 43.3 Å². The van der Waals surface area contributed by atoms with Gasteiger partial charge in [-0.3, -0.25) is 10.2 Å². The van der Waals surface area contributed by atoms with E-state index in [9.17, 15) is 4.79 Å². The summed E-state index contributed by atoms with van der Waals surface area (Å²) in [5.41, 5.74) is 4.62. The zero-order valence-electron chi connectivity index (χ0n) is 11.0. The van der Waals surface area contributed by atoms with Gasteiger partial charge < -0.3 is 5.32 Å². The molecule has 0 aromatic heterocycles. The first kappa shape index (κ1) is 12.3. The van der Waals surface area contributed by atoms with Crippen molar-refractivity contribution in [1.82, 2.24) is 10.7 Å². The van der Waals surface area contributed by atoms with Crippen LogP contribution in [0.2, 0.25) is 0 Å². The van der Waals surface area contributed by atoms with Crippen LogP contribution < -0.4 is 10.7 Å².